The second kappa shape index (κ2) is 9.81. The Bertz CT molecular complexity index is 517. The molecule has 0 saturated heterocycles. The van der Waals surface area contributed by atoms with Crippen molar-refractivity contribution in [3.05, 3.63) is 35.9 Å². The predicted molar refractivity (Wildman–Crippen MR) is 106 cm³/mol. The van der Waals surface area contributed by atoms with Crippen LogP contribution in [-0.4, -0.2) is 36.3 Å². The van der Waals surface area contributed by atoms with Crippen molar-refractivity contribution >= 4 is 5.96 Å². The van der Waals surface area contributed by atoms with Crippen LogP contribution in [0.5, 0.6) is 0 Å². The minimum absolute atomic E-state index is 0.0897. The van der Waals surface area contributed by atoms with Crippen molar-refractivity contribution in [1.29, 1.82) is 0 Å². The van der Waals surface area contributed by atoms with Gasteiger partial charge in [-0.1, -0.05) is 44.2 Å². The third kappa shape index (κ3) is 5.46. The van der Waals surface area contributed by atoms with Crippen LogP contribution in [0.3, 0.4) is 0 Å². The fourth-order valence-corrected chi connectivity index (χ4v) is 3.73. The van der Waals surface area contributed by atoms with E-state index in [2.05, 4.69) is 61.7 Å². The average Bonchev–Trinajstić information content (AvgIpc) is 2.66. The molecule has 0 heterocycles. The van der Waals surface area contributed by atoms with Crippen LogP contribution in [0.2, 0.25) is 0 Å². The third-order valence-electron chi connectivity index (χ3n) is 5.66. The molecule has 3 N–H and O–H groups in total. The summed E-state index contributed by atoms with van der Waals surface area (Å²) >= 11 is 0. The normalized spacial score (nSPS) is 21.8. The first-order valence-electron chi connectivity index (χ1n) is 9.92. The van der Waals surface area contributed by atoms with Gasteiger partial charge in [0.2, 0.25) is 0 Å². The minimum atomic E-state index is -0.122. The first kappa shape index (κ1) is 19.8. The Hall–Kier alpha value is -1.55. The molecule has 140 valence electrons. The molecule has 0 radical (unpaired) electrons. The van der Waals surface area contributed by atoms with Gasteiger partial charge in [0.25, 0.3) is 0 Å². The Labute approximate surface area is 153 Å². The van der Waals surface area contributed by atoms with Gasteiger partial charge in [0.15, 0.2) is 5.96 Å². The summed E-state index contributed by atoms with van der Waals surface area (Å²) in [5.41, 5.74) is 1.47. The zero-order chi connectivity index (χ0) is 18.1. The van der Waals surface area contributed by atoms with Gasteiger partial charge in [0.1, 0.15) is 0 Å². The van der Waals surface area contributed by atoms with Gasteiger partial charge in [-0.3, -0.25) is 4.99 Å². The van der Waals surface area contributed by atoms with Gasteiger partial charge in [-0.2, -0.15) is 0 Å². The van der Waals surface area contributed by atoms with Crippen molar-refractivity contribution in [1.82, 2.24) is 10.6 Å². The molecule has 4 heteroatoms. The molecule has 0 amide bonds. The lowest BCUT2D eigenvalue weighted by Gasteiger charge is -2.32. The molecule has 25 heavy (non-hydrogen) atoms. The lowest BCUT2D eigenvalue weighted by molar-refractivity contribution is 0.120. The standard InChI is InChI=1S/C21H35N3O/c1-4-21(5-2,17-10-8-7-9-11-17)16-23-20(22-6-3)24-18-12-14-19(25)15-13-18/h7-11,18-19,25H,4-6,12-16H2,1-3H3,(H2,22,23,24). The van der Waals surface area contributed by atoms with Crippen molar-refractivity contribution in [3.8, 4) is 0 Å². The molecule has 1 saturated carbocycles. The van der Waals surface area contributed by atoms with Crippen LogP contribution < -0.4 is 10.6 Å². The molecule has 0 spiro atoms. The molecule has 1 aromatic carbocycles. The summed E-state index contributed by atoms with van der Waals surface area (Å²) < 4.78 is 0. The number of hydrogen-bond acceptors (Lipinski definition) is 2. The monoisotopic (exact) mass is 345 g/mol. The fraction of sp³-hybridized carbons (Fsp3) is 0.667. The molecular formula is C21H35N3O. The Balaban J connectivity index is 2.09. The topological polar surface area (TPSA) is 56.7 Å². The van der Waals surface area contributed by atoms with E-state index in [4.69, 9.17) is 4.99 Å². The molecule has 4 nitrogen and oxygen atoms in total. The summed E-state index contributed by atoms with van der Waals surface area (Å²) in [5.74, 6) is 0.908. The molecule has 0 aromatic heterocycles. The minimum Gasteiger partial charge on any atom is -0.393 e. The van der Waals surface area contributed by atoms with Crippen LogP contribution in [0.25, 0.3) is 0 Å². The number of benzene rings is 1. The SMILES string of the molecule is CCNC(=NCC(CC)(CC)c1ccccc1)NC1CCC(O)CC1. The molecule has 2 rings (SSSR count). The lowest BCUT2D eigenvalue weighted by Crippen LogP contribution is -2.46. The van der Waals surface area contributed by atoms with Gasteiger partial charge in [-0.15, -0.1) is 0 Å². The molecule has 1 aromatic rings. The summed E-state index contributed by atoms with van der Waals surface area (Å²) in [6, 6.07) is 11.2. The zero-order valence-corrected chi connectivity index (χ0v) is 16.1. The van der Waals surface area contributed by atoms with E-state index >= 15 is 0 Å². The third-order valence-corrected chi connectivity index (χ3v) is 5.66. The smallest absolute Gasteiger partial charge is 0.191 e. The van der Waals surface area contributed by atoms with E-state index in [1.807, 2.05) is 0 Å². The average molecular weight is 346 g/mol. The molecular weight excluding hydrogens is 310 g/mol. The highest BCUT2D eigenvalue weighted by Crippen LogP contribution is 2.32. The summed E-state index contributed by atoms with van der Waals surface area (Å²) in [7, 11) is 0. The molecule has 0 unspecified atom stereocenters. The molecule has 1 aliphatic rings. The van der Waals surface area contributed by atoms with Crippen LogP contribution >= 0.6 is 0 Å². The fourth-order valence-electron chi connectivity index (χ4n) is 3.73. The molecule has 1 fully saturated rings. The van der Waals surface area contributed by atoms with Crippen LogP contribution in [0.15, 0.2) is 35.3 Å². The van der Waals surface area contributed by atoms with Crippen molar-refractivity contribution in [2.45, 2.75) is 76.9 Å². The van der Waals surface area contributed by atoms with E-state index in [1.54, 1.807) is 0 Å². The van der Waals surface area contributed by atoms with E-state index in [1.165, 1.54) is 5.56 Å². The maximum absolute atomic E-state index is 9.69. The van der Waals surface area contributed by atoms with Gasteiger partial charge in [0, 0.05) is 18.0 Å². The summed E-state index contributed by atoms with van der Waals surface area (Å²) in [6.07, 6.45) is 5.82. The number of rotatable bonds is 7. The van der Waals surface area contributed by atoms with Crippen molar-refractivity contribution in [2.75, 3.05) is 13.1 Å². The van der Waals surface area contributed by atoms with E-state index in [0.29, 0.717) is 6.04 Å². The Morgan fingerprint density at radius 1 is 1.08 bits per heavy atom. The van der Waals surface area contributed by atoms with Gasteiger partial charge < -0.3 is 15.7 Å². The van der Waals surface area contributed by atoms with Crippen molar-refractivity contribution in [2.24, 2.45) is 4.99 Å². The van der Waals surface area contributed by atoms with Gasteiger partial charge in [-0.05, 0) is 51.0 Å². The number of aliphatic imine (C=N–C) groups is 1. The number of nitrogens with one attached hydrogen (secondary N) is 2. The molecule has 0 aliphatic heterocycles. The highest BCUT2D eigenvalue weighted by atomic mass is 16.3. The Kier molecular flexibility index (Phi) is 7.76. The van der Waals surface area contributed by atoms with Gasteiger partial charge in [-0.25, -0.2) is 0 Å². The zero-order valence-electron chi connectivity index (χ0n) is 16.1. The maximum atomic E-state index is 9.69. The highest BCUT2D eigenvalue weighted by Gasteiger charge is 2.28. The van der Waals surface area contributed by atoms with Crippen LogP contribution in [0, 0.1) is 0 Å². The van der Waals surface area contributed by atoms with E-state index in [0.717, 1.165) is 57.6 Å². The Morgan fingerprint density at radius 3 is 2.28 bits per heavy atom. The quantitative estimate of drug-likeness (QED) is 0.523. The van der Waals surface area contributed by atoms with Crippen LogP contribution in [-0.2, 0) is 5.41 Å². The summed E-state index contributed by atoms with van der Waals surface area (Å²) in [6.45, 7) is 8.27. The van der Waals surface area contributed by atoms with Gasteiger partial charge >= 0.3 is 0 Å². The van der Waals surface area contributed by atoms with Crippen molar-refractivity contribution < 1.29 is 5.11 Å². The van der Waals surface area contributed by atoms with Crippen LogP contribution in [0.1, 0.15) is 64.9 Å². The highest BCUT2D eigenvalue weighted by molar-refractivity contribution is 5.80. The van der Waals surface area contributed by atoms with E-state index < -0.39 is 0 Å². The number of hydrogen-bond donors (Lipinski definition) is 3. The van der Waals surface area contributed by atoms with Crippen LogP contribution in [0.4, 0.5) is 0 Å². The second-order valence-electron chi connectivity index (χ2n) is 7.20. The predicted octanol–water partition coefficient (Wildman–Crippen LogP) is 3.60. The van der Waals surface area contributed by atoms with E-state index in [-0.39, 0.29) is 11.5 Å². The van der Waals surface area contributed by atoms with Crippen molar-refractivity contribution in [3.63, 3.8) is 0 Å². The van der Waals surface area contributed by atoms with E-state index in [9.17, 15) is 5.11 Å². The number of aliphatic hydroxyl groups is 1. The number of guanidine groups is 1. The maximum Gasteiger partial charge on any atom is 0.191 e. The summed E-state index contributed by atoms with van der Waals surface area (Å²) in [4.78, 5) is 4.95. The molecule has 0 atom stereocenters. The Morgan fingerprint density at radius 2 is 1.72 bits per heavy atom. The number of nitrogens with zero attached hydrogens (tertiary/aromatic N) is 1. The van der Waals surface area contributed by atoms with Gasteiger partial charge in [0.05, 0.1) is 12.6 Å². The molecule has 0 bridgehead atoms. The summed E-state index contributed by atoms with van der Waals surface area (Å²) in [5, 5.41) is 16.7. The lowest BCUT2D eigenvalue weighted by atomic mass is 9.76. The second-order valence-corrected chi connectivity index (χ2v) is 7.20. The first-order chi connectivity index (χ1) is 12.1. The first-order valence-corrected chi connectivity index (χ1v) is 9.92. The molecule has 1 aliphatic carbocycles. The largest absolute Gasteiger partial charge is 0.393 e. The number of aliphatic hydroxyl groups excluding tert-OH is 1.